The molecule has 0 spiro atoms. The number of nitrogens with one attached hydrogen (secondary N) is 2. The number of nitrogens with two attached hydrogens (primary N) is 1. The van der Waals surface area contributed by atoms with Gasteiger partial charge >= 0.3 is 0 Å². The molecule has 0 unspecified atom stereocenters. The third-order valence-corrected chi connectivity index (χ3v) is 8.32. The molecular weight excluding hydrogens is 638 g/mol. The summed E-state index contributed by atoms with van der Waals surface area (Å²) in [6.45, 7) is 9.62. The van der Waals surface area contributed by atoms with Crippen LogP contribution >= 0.6 is 0 Å². The SMILES string of the molecule is C.CCn1nc(C)cc1C(=O)Nc1nc2cc(C(N)=O)ccc2n1CCCCn1c(NC(=O)c2cc(C)nn2CC)nc2cccc(OC)c21. The Morgan fingerprint density at radius 2 is 1.34 bits per heavy atom. The van der Waals surface area contributed by atoms with Crippen LogP contribution in [-0.2, 0) is 26.2 Å². The number of anilines is 2. The van der Waals surface area contributed by atoms with Crippen LogP contribution in [0.25, 0.3) is 22.1 Å². The second kappa shape index (κ2) is 14.6. The second-order valence-electron chi connectivity index (χ2n) is 11.7. The molecule has 0 fully saturated rings. The predicted octanol–water partition coefficient (Wildman–Crippen LogP) is 5.16. The number of nitrogens with zero attached hydrogens (tertiary/aromatic N) is 8. The van der Waals surface area contributed by atoms with Crippen molar-refractivity contribution in [1.29, 1.82) is 0 Å². The summed E-state index contributed by atoms with van der Waals surface area (Å²) in [5.74, 6) is 0.161. The van der Waals surface area contributed by atoms with E-state index in [0.29, 0.717) is 84.7 Å². The average Bonchev–Trinajstić information content (AvgIpc) is 3.84. The first-order valence-electron chi connectivity index (χ1n) is 16.2. The highest BCUT2D eigenvalue weighted by atomic mass is 16.5. The number of methoxy groups -OCH3 is 1. The highest BCUT2D eigenvalue weighted by Crippen LogP contribution is 2.30. The van der Waals surface area contributed by atoms with E-state index in [1.54, 1.807) is 46.8 Å². The summed E-state index contributed by atoms with van der Waals surface area (Å²) in [5, 5.41) is 14.7. The molecule has 0 aliphatic heterocycles. The number of ether oxygens (including phenoxy) is 1. The summed E-state index contributed by atoms with van der Waals surface area (Å²) in [4.78, 5) is 48.1. The van der Waals surface area contributed by atoms with Crippen molar-refractivity contribution in [2.45, 2.75) is 74.1 Å². The molecule has 3 amide bonds. The van der Waals surface area contributed by atoms with E-state index in [0.717, 1.165) is 22.4 Å². The molecular formula is C35H43N11O4. The third kappa shape index (κ3) is 6.79. The molecule has 15 nitrogen and oxygen atoms in total. The first-order chi connectivity index (χ1) is 23.6. The zero-order valence-corrected chi connectivity index (χ0v) is 28.1. The standard InChI is InChI=1S/C34H39N11O4.CH4/c1-6-44-26(17-20(3)40-44)31(47)38-33-37-24-19-22(30(35)46)13-14-25(24)42(33)15-8-9-16-43-29-23(11-10-12-28(29)49-5)36-34(43)39-32(48)27-18-21(4)41-45(27)7-2;/h10-14,17-19H,6-9,15-16H2,1-5H3,(H2,35,46)(H,36,39,48)(H,37,38,47);1H4. The zero-order valence-electron chi connectivity index (χ0n) is 28.1. The van der Waals surface area contributed by atoms with E-state index in [1.807, 2.05) is 55.0 Å². The van der Waals surface area contributed by atoms with Gasteiger partial charge < -0.3 is 19.6 Å². The van der Waals surface area contributed by atoms with E-state index in [2.05, 4.69) is 25.8 Å². The second-order valence-corrected chi connectivity index (χ2v) is 11.7. The van der Waals surface area contributed by atoms with Gasteiger partial charge in [0, 0.05) is 31.7 Å². The number of benzene rings is 2. The number of carbonyl (C=O) groups excluding carboxylic acids is 3. The number of unbranched alkanes of at least 4 members (excludes halogenated alkanes) is 1. The van der Waals surface area contributed by atoms with Gasteiger partial charge in [-0.05, 0) is 83.0 Å². The number of imidazole rings is 2. The van der Waals surface area contributed by atoms with Crippen molar-refractivity contribution in [3.63, 3.8) is 0 Å². The number of carbonyl (C=O) groups is 3. The van der Waals surface area contributed by atoms with Gasteiger partial charge in [-0.15, -0.1) is 0 Å². The van der Waals surface area contributed by atoms with Crippen LogP contribution in [0.1, 0.15) is 76.8 Å². The van der Waals surface area contributed by atoms with Crippen molar-refractivity contribution >= 4 is 51.7 Å². The monoisotopic (exact) mass is 681 g/mol. The van der Waals surface area contributed by atoms with Gasteiger partial charge in [0.15, 0.2) is 0 Å². The number of aromatic nitrogens is 8. The Hall–Kier alpha value is -5.99. The number of fused-ring (bicyclic) bond motifs is 2. The van der Waals surface area contributed by atoms with Gasteiger partial charge in [-0.2, -0.15) is 10.2 Å². The van der Waals surface area contributed by atoms with Gasteiger partial charge in [0.1, 0.15) is 22.7 Å². The van der Waals surface area contributed by atoms with Crippen molar-refractivity contribution < 1.29 is 19.1 Å². The maximum absolute atomic E-state index is 13.4. The maximum Gasteiger partial charge on any atom is 0.276 e. The Labute approximate surface area is 289 Å². The largest absolute Gasteiger partial charge is 0.494 e. The molecule has 0 saturated heterocycles. The fourth-order valence-electron chi connectivity index (χ4n) is 6.04. The molecule has 4 N–H and O–H groups in total. The molecule has 4 heterocycles. The lowest BCUT2D eigenvalue weighted by Crippen LogP contribution is -2.20. The van der Waals surface area contributed by atoms with Crippen LogP contribution in [0.4, 0.5) is 11.9 Å². The number of hydrogen-bond donors (Lipinski definition) is 3. The molecule has 0 aliphatic rings. The van der Waals surface area contributed by atoms with Gasteiger partial charge in [0.2, 0.25) is 17.8 Å². The van der Waals surface area contributed by atoms with Crippen molar-refractivity contribution in [2.75, 3.05) is 17.7 Å². The quantitative estimate of drug-likeness (QED) is 0.140. The summed E-state index contributed by atoms with van der Waals surface area (Å²) in [6.07, 6.45) is 1.34. The van der Waals surface area contributed by atoms with Crippen LogP contribution in [0.5, 0.6) is 5.75 Å². The van der Waals surface area contributed by atoms with Crippen LogP contribution in [0, 0.1) is 13.8 Å². The van der Waals surface area contributed by atoms with E-state index in [9.17, 15) is 14.4 Å². The molecule has 15 heteroatoms. The number of aryl methyl sites for hydroxylation is 6. The van der Waals surface area contributed by atoms with E-state index in [4.69, 9.17) is 15.5 Å². The summed E-state index contributed by atoms with van der Waals surface area (Å²) in [7, 11) is 1.60. The minimum absolute atomic E-state index is 0. The predicted molar refractivity (Wildman–Crippen MR) is 192 cm³/mol. The molecule has 50 heavy (non-hydrogen) atoms. The Kier molecular flexibility index (Phi) is 10.3. The first kappa shape index (κ1) is 35.3. The molecule has 6 aromatic rings. The average molecular weight is 682 g/mol. The maximum atomic E-state index is 13.4. The summed E-state index contributed by atoms with van der Waals surface area (Å²) in [5.41, 5.74) is 10.9. The number of rotatable bonds is 13. The van der Waals surface area contributed by atoms with E-state index in [-0.39, 0.29) is 19.2 Å². The molecule has 0 saturated carbocycles. The Morgan fingerprint density at radius 1 is 0.780 bits per heavy atom. The zero-order chi connectivity index (χ0) is 34.8. The van der Waals surface area contributed by atoms with Gasteiger partial charge in [0.25, 0.3) is 11.8 Å². The molecule has 0 radical (unpaired) electrons. The highest BCUT2D eigenvalue weighted by Gasteiger charge is 2.21. The highest BCUT2D eigenvalue weighted by molar-refractivity contribution is 6.04. The minimum Gasteiger partial charge on any atom is -0.494 e. The van der Waals surface area contributed by atoms with E-state index in [1.165, 1.54) is 0 Å². The molecule has 0 bridgehead atoms. The Balaban J connectivity index is 0.00000486. The number of hydrogen-bond acceptors (Lipinski definition) is 8. The van der Waals surface area contributed by atoms with Crippen LogP contribution < -0.4 is 21.1 Å². The normalized spacial score (nSPS) is 11.1. The van der Waals surface area contributed by atoms with Crippen LogP contribution in [-0.4, -0.2) is 63.5 Å². The lowest BCUT2D eigenvalue weighted by atomic mass is 10.2. The Bertz CT molecular complexity index is 2200. The smallest absolute Gasteiger partial charge is 0.276 e. The molecule has 4 aromatic heterocycles. The fourth-order valence-corrected chi connectivity index (χ4v) is 6.04. The van der Waals surface area contributed by atoms with E-state index < -0.39 is 5.91 Å². The molecule has 262 valence electrons. The van der Waals surface area contributed by atoms with Gasteiger partial charge in [-0.25, -0.2) is 9.97 Å². The van der Waals surface area contributed by atoms with Crippen molar-refractivity contribution in [3.8, 4) is 5.75 Å². The molecule has 0 aliphatic carbocycles. The fraction of sp³-hybridized carbons (Fsp3) is 0.343. The molecule has 6 rings (SSSR count). The van der Waals surface area contributed by atoms with Crippen molar-refractivity contribution in [2.24, 2.45) is 5.73 Å². The van der Waals surface area contributed by atoms with Crippen LogP contribution in [0.2, 0.25) is 0 Å². The summed E-state index contributed by atoms with van der Waals surface area (Å²) >= 11 is 0. The van der Waals surface area contributed by atoms with Crippen molar-refractivity contribution in [1.82, 2.24) is 38.7 Å². The Morgan fingerprint density at radius 3 is 1.90 bits per heavy atom. The van der Waals surface area contributed by atoms with Gasteiger partial charge in [0.05, 0.1) is 35.0 Å². The summed E-state index contributed by atoms with van der Waals surface area (Å²) < 4.78 is 12.8. The molecule has 0 atom stereocenters. The van der Waals surface area contributed by atoms with Gasteiger partial charge in [-0.3, -0.25) is 34.4 Å². The summed E-state index contributed by atoms with van der Waals surface area (Å²) in [6, 6.07) is 14.1. The van der Waals surface area contributed by atoms with E-state index >= 15 is 0 Å². The number of primary amides is 1. The first-order valence-corrected chi connectivity index (χ1v) is 16.2. The van der Waals surface area contributed by atoms with Crippen LogP contribution in [0.15, 0.2) is 48.5 Å². The van der Waals surface area contributed by atoms with Crippen LogP contribution in [0.3, 0.4) is 0 Å². The lowest BCUT2D eigenvalue weighted by Gasteiger charge is -2.14. The number of amides is 3. The minimum atomic E-state index is -0.565. The third-order valence-electron chi connectivity index (χ3n) is 8.32. The van der Waals surface area contributed by atoms with Gasteiger partial charge in [-0.1, -0.05) is 13.5 Å². The molecule has 2 aromatic carbocycles. The number of para-hydroxylation sites is 1. The topological polar surface area (TPSA) is 182 Å². The van der Waals surface area contributed by atoms with Crippen molar-refractivity contribution in [3.05, 3.63) is 76.9 Å². The lowest BCUT2D eigenvalue weighted by molar-refractivity contribution is 0.0995.